The summed E-state index contributed by atoms with van der Waals surface area (Å²) in [6.45, 7) is 1.47. The van der Waals surface area contributed by atoms with E-state index in [0.29, 0.717) is 23.7 Å². The number of nitrogens with zero attached hydrogens (tertiary/aromatic N) is 1. The standard InChI is InChI=1S/C17H21ClN2O5/c1-11-8-12(18)5-6-14(11)24-10-16(22)25-9-15(21)20-7-3-2-4-13(20)17(19)23/h5-6,8,13H,2-4,7,9-10H2,1H3,(H2,19,23)/t13-/m1/s1. The van der Waals surface area contributed by atoms with Crippen LogP contribution in [0.25, 0.3) is 0 Å². The number of carbonyl (C=O) groups is 3. The third-order valence-electron chi connectivity index (χ3n) is 3.99. The average molecular weight is 369 g/mol. The van der Waals surface area contributed by atoms with Crippen LogP contribution in [0.4, 0.5) is 0 Å². The van der Waals surface area contributed by atoms with Gasteiger partial charge in [0.15, 0.2) is 13.2 Å². The van der Waals surface area contributed by atoms with Crippen molar-refractivity contribution in [3.8, 4) is 5.75 Å². The van der Waals surface area contributed by atoms with E-state index in [1.54, 1.807) is 25.1 Å². The number of likely N-dealkylation sites (tertiary alicyclic amines) is 1. The highest BCUT2D eigenvalue weighted by Crippen LogP contribution is 2.21. The number of primary amides is 1. The molecule has 1 fully saturated rings. The molecular weight excluding hydrogens is 348 g/mol. The maximum Gasteiger partial charge on any atom is 0.344 e. The third-order valence-corrected chi connectivity index (χ3v) is 4.23. The monoisotopic (exact) mass is 368 g/mol. The van der Waals surface area contributed by atoms with Crippen LogP contribution in [0, 0.1) is 6.92 Å². The summed E-state index contributed by atoms with van der Waals surface area (Å²) in [5.74, 6) is -1.13. The number of esters is 1. The van der Waals surface area contributed by atoms with E-state index in [2.05, 4.69) is 0 Å². The number of amides is 2. The molecule has 0 spiro atoms. The first-order chi connectivity index (χ1) is 11.9. The number of piperidine rings is 1. The van der Waals surface area contributed by atoms with Crippen molar-refractivity contribution in [3.05, 3.63) is 28.8 Å². The molecule has 0 aromatic heterocycles. The molecule has 136 valence electrons. The summed E-state index contributed by atoms with van der Waals surface area (Å²) in [6, 6.07) is 4.39. The highest BCUT2D eigenvalue weighted by Gasteiger charge is 2.30. The first-order valence-electron chi connectivity index (χ1n) is 8.02. The fourth-order valence-corrected chi connectivity index (χ4v) is 2.93. The molecule has 0 bridgehead atoms. The summed E-state index contributed by atoms with van der Waals surface area (Å²) < 4.78 is 10.3. The van der Waals surface area contributed by atoms with Crippen molar-refractivity contribution in [2.24, 2.45) is 5.73 Å². The second-order valence-corrected chi connectivity index (χ2v) is 6.30. The number of carbonyl (C=O) groups excluding carboxylic acids is 3. The molecule has 1 aromatic carbocycles. The smallest absolute Gasteiger partial charge is 0.344 e. The molecule has 0 radical (unpaired) electrons. The summed E-state index contributed by atoms with van der Waals surface area (Å²) in [5, 5.41) is 0.573. The van der Waals surface area contributed by atoms with Crippen LogP contribution in [0.2, 0.25) is 5.02 Å². The van der Waals surface area contributed by atoms with Gasteiger partial charge in [-0.2, -0.15) is 0 Å². The highest BCUT2D eigenvalue weighted by molar-refractivity contribution is 6.30. The molecule has 0 aliphatic carbocycles. The molecule has 2 amide bonds. The van der Waals surface area contributed by atoms with Crippen molar-refractivity contribution in [1.82, 2.24) is 4.90 Å². The minimum absolute atomic E-state index is 0.324. The molecule has 1 aliphatic heterocycles. The predicted molar refractivity (Wildman–Crippen MR) is 91.2 cm³/mol. The van der Waals surface area contributed by atoms with Gasteiger partial charge in [-0.25, -0.2) is 4.79 Å². The zero-order valence-electron chi connectivity index (χ0n) is 14.0. The molecular formula is C17H21ClN2O5. The molecule has 0 saturated carbocycles. The lowest BCUT2D eigenvalue weighted by molar-refractivity contribution is -0.156. The Hall–Kier alpha value is -2.28. The molecule has 1 aromatic rings. The first kappa shape index (κ1) is 19.1. The molecule has 8 heteroatoms. The molecule has 1 atom stereocenters. The van der Waals surface area contributed by atoms with Gasteiger partial charge in [-0.3, -0.25) is 9.59 Å². The fraction of sp³-hybridized carbons (Fsp3) is 0.471. The second kappa shape index (κ2) is 8.71. The number of ether oxygens (including phenoxy) is 2. The Kier molecular flexibility index (Phi) is 6.64. The highest BCUT2D eigenvalue weighted by atomic mass is 35.5. The molecule has 0 unspecified atom stereocenters. The van der Waals surface area contributed by atoms with E-state index in [1.807, 2.05) is 0 Å². The molecule has 7 nitrogen and oxygen atoms in total. The van der Waals surface area contributed by atoms with Gasteiger partial charge < -0.3 is 20.1 Å². The van der Waals surface area contributed by atoms with Crippen molar-refractivity contribution >= 4 is 29.4 Å². The molecule has 2 N–H and O–H groups in total. The first-order valence-corrected chi connectivity index (χ1v) is 8.39. The van der Waals surface area contributed by atoms with E-state index < -0.39 is 30.4 Å². The van der Waals surface area contributed by atoms with Gasteiger partial charge in [-0.05, 0) is 49.9 Å². The largest absolute Gasteiger partial charge is 0.482 e. The summed E-state index contributed by atoms with van der Waals surface area (Å²) in [6.07, 6.45) is 2.17. The molecule has 1 heterocycles. The number of nitrogens with two attached hydrogens (primary N) is 1. The number of rotatable bonds is 6. The van der Waals surface area contributed by atoms with Gasteiger partial charge >= 0.3 is 5.97 Å². The Balaban J connectivity index is 1.80. The van der Waals surface area contributed by atoms with E-state index in [-0.39, 0.29) is 6.61 Å². The topological polar surface area (TPSA) is 98.9 Å². The Labute approximate surface area is 151 Å². The number of aryl methyl sites for hydroxylation is 1. The number of benzene rings is 1. The van der Waals surface area contributed by atoms with E-state index >= 15 is 0 Å². The van der Waals surface area contributed by atoms with Crippen LogP contribution in [0.3, 0.4) is 0 Å². The zero-order chi connectivity index (χ0) is 18.4. The van der Waals surface area contributed by atoms with Gasteiger partial charge in [0.2, 0.25) is 5.91 Å². The molecule has 1 saturated heterocycles. The molecule has 2 rings (SSSR count). The van der Waals surface area contributed by atoms with Crippen molar-refractivity contribution in [3.63, 3.8) is 0 Å². The third kappa shape index (κ3) is 5.35. The minimum atomic E-state index is -0.671. The van der Waals surface area contributed by atoms with Crippen molar-refractivity contribution in [2.45, 2.75) is 32.2 Å². The molecule has 25 heavy (non-hydrogen) atoms. The quantitative estimate of drug-likeness (QED) is 0.766. The van der Waals surface area contributed by atoms with Crippen molar-refractivity contribution < 1.29 is 23.9 Å². The van der Waals surface area contributed by atoms with Crippen LogP contribution in [-0.2, 0) is 19.1 Å². The lowest BCUT2D eigenvalue weighted by Gasteiger charge is -2.33. The van der Waals surface area contributed by atoms with E-state index in [0.717, 1.165) is 18.4 Å². The zero-order valence-corrected chi connectivity index (χ0v) is 14.8. The maximum atomic E-state index is 12.2. The second-order valence-electron chi connectivity index (χ2n) is 5.86. The van der Waals surface area contributed by atoms with E-state index in [4.69, 9.17) is 26.8 Å². The van der Waals surface area contributed by atoms with Gasteiger partial charge in [0.1, 0.15) is 11.8 Å². The minimum Gasteiger partial charge on any atom is -0.482 e. The van der Waals surface area contributed by atoms with Gasteiger partial charge in [0.25, 0.3) is 5.91 Å². The van der Waals surface area contributed by atoms with Crippen LogP contribution in [0.15, 0.2) is 18.2 Å². The maximum absolute atomic E-state index is 12.2. The number of halogens is 1. The fourth-order valence-electron chi connectivity index (χ4n) is 2.70. The SMILES string of the molecule is Cc1cc(Cl)ccc1OCC(=O)OCC(=O)N1CCCC[C@@H]1C(N)=O. The number of hydrogen-bond donors (Lipinski definition) is 1. The Morgan fingerprint density at radius 3 is 2.72 bits per heavy atom. The van der Waals surface area contributed by atoms with Crippen LogP contribution in [0.1, 0.15) is 24.8 Å². The van der Waals surface area contributed by atoms with Gasteiger partial charge in [0, 0.05) is 11.6 Å². The van der Waals surface area contributed by atoms with Crippen molar-refractivity contribution in [1.29, 1.82) is 0 Å². The lowest BCUT2D eigenvalue weighted by Crippen LogP contribution is -2.51. The number of hydrogen-bond acceptors (Lipinski definition) is 5. The Bertz CT molecular complexity index is 664. The van der Waals surface area contributed by atoms with Crippen LogP contribution < -0.4 is 10.5 Å². The van der Waals surface area contributed by atoms with Crippen LogP contribution >= 0.6 is 11.6 Å². The summed E-state index contributed by atoms with van der Waals surface area (Å²) in [7, 11) is 0. The Morgan fingerprint density at radius 1 is 1.28 bits per heavy atom. The summed E-state index contributed by atoms with van der Waals surface area (Å²) in [5.41, 5.74) is 6.10. The van der Waals surface area contributed by atoms with Crippen LogP contribution in [0.5, 0.6) is 5.75 Å². The summed E-state index contributed by atoms with van der Waals surface area (Å²) in [4.78, 5) is 36.7. The summed E-state index contributed by atoms with van der Waals surface area (Å²) >= 11 is 5.85. The van der Waals surface area contributed by atoms with E-state index in [9.17, 15) is 14.4 Å². The van der Waals surface area contributed by atoms with Gasteiger partial charge in [-0.1, -0.05) is 11.6 Å². The normalized spacial score (nSPS) is 17.0. The van der Waals surface area contributed by atoms with Gasteiger partial charge in [0.05, 0.1) is 0 Å². The average Bonchev–Trinajstić information content (AvgIpc) is 2.58. The molecule has 1 aliphatic rings. The van der Waals surface area contributed by atoms with Crippen LogP contribution in [-0.4, -0.2) is 48.5 Å². The van der Waals surface area contributed by atoms with Crippen molar-refractivity contribution in [2.75, 3.05) is 19.8 Å². The Morgan fingerprint density at radius 2 is 2.04 bits per heavy atom. The predicted octanol–water partition coefficient (Wildman–Crippen LogP) is 1.44. The lowest BCUT2D eigenvalue weighted by atomic mass is 10.0. The van der Waals surface area contributed by atoms with Gasteiger partial charge in [-0.15, -0.1) is 0 Å². The van der Waals surface area contributed by atoms with E-state index in [1.165, 1.54) is 4.90 Å².